The first-order chi connectivity index (χ1) is 5.63. The topological polar surface area (TPSA) is 63.6 Å². The highest BCUT2D eigenvalue weighted by Crippen LogP contribution is 1.96. The maximum Gasteiger partial charge on any atom is 0.307 e. The fraction of sp³-hybridized carbons (Fsp3) is 0.500. The molecule has 0 aliphatic heterocycles. The van der Waals surface area contributed by atoms with Crippen molar-refractivity contribution in [1.29, 1.82) is 0 Å². The van der Waals surface area contributed by atoms with Crippen molar-refractivity contribution < 1.29 is 19.4 Å². The maximum atomic E-state index is 10.2. The second kappa shape index (κ2) is 6.39. The Morgan fingerprint density at radius 2 is 2.17 bits per heavy atom. The van der Waals surface area contributed by atoms with Crippen LogP contribution < -0.4 is 0 Å². The zero-order chi connectivity index (χ0) is 9.40. The Morgan fingerprint density at radius 1 is 1.50 bits per heavy atom. The summed E-state index contributed by atoms with van der Waals surface area (Å²) in [5.74, 6) is -1.18. The summed E-state index contributed by atoms with van der Waals surface area (Å²) in [6, 6.07) is 0. The normalized spacial score (nSPS) is 10.1. The summed E-state index contributed by atoms with van der Waals surface area (Å²) in [4.78, 5) is 20.2. The van der Waals surface area contributed by atoms with Crippen LogP contribution in [0.2, 0.25) is 0 Å². The first kappa shape index (κ1) is 10.7. The van der Waals surface area contributed by atoms with E-state index in [2.05, 4.69) is 4.74 Å². The molecule has 1 N–H and O–H groups in total. The molecule has 0 spiro atoms. The van der Waals surface area contributed by atoms with E-state index in [0.717, 1.165) is 0 Å². The van der Waals surface area contributed by atoms with Gasteiger partial charge in [-0.3, -0.25) is 9.59 Å². The van der Waals surface area contributed by atoms with Gasteiger partial charge in [-0.05, 0) is 18.9 Å². The summed E-state index contributed by atoms with van der Waals surface area (Å²) in [6.07, 6.45) is 4.23. The van der Waals surface area contributed by atoms with Crippen LogP contribution in [0.3, 0.4) is 0 Å². The highest BCUT2D eigenvalue weighted by molar-refractivity contribution is 5.67. The number of allylic oxidation sites excluding steroid dienone is 1. The predicted molar refractivity (Wildman–Crippen MR) is 42.4 cm³/mol. The van der Waals surface area contributed by atoms with E-state index in [9.17, 15) is 9.59 Å². The SMILES string of the molecule is CC(=O)OC=CCCCC(=O)O. The second-order valence-corrected chi connectivity index (χ2v) is 2.27. The van der Waals surface area contributed by atoms with Crippen LogP contribution >= 0.6 is 0 Å². The number of carbonyl (C=O) groups excluding carboxylic acids is 1. The molecule has 0 aliphatic carbocycles. The Morgan fingerprint density at radius 3 is 2.67 bits per heavy atom. The fourth-order valence-corrected chi connectivity index (χ4v) is 0.583. The van der Waals surface area contributed by atoms with Gasteiger partial charge in [0.2, 0.25) is 0 Å². The Balaban J connectivity index is 3.25. The van der Waals surface area contributed by atoms with E-state index < -0.39 is 5.97 Å². The van der Waals surface area contributed by atoms with Crippen LogP contribution in [-0.2, 0) is 14.3 Å². The van der Waals surface area contributed by atoms with E-state index in [-0.39, 0.29) is 12.4 Å². The van der Waals surface area contributed by atoms with E-state index >= 15 is 0 Å². The van der Waals surface area contributed by atoms with Crippen LogP contribution in [0.25, 0.3) is 0 Å². The first-order valence-corrected chi connectivity index (χ1v) is 3.67. The average Bonchev–Trinajstić information content (AvgIpc) is 1.95. The molecule has 0 aliphatic rings. The molecule has 0 rings (SSSR count). The number of rotatable bonds is 5. The van der Waals surface area contributed by atoms with Gasteiger partial charge >= 0.3 is 11.9 Å². The molecule has 0 amide bonds. The molecule has 4 nitrogen and oxygen atoms in total. The van der Waals surface area contributed by atoms with E-state index in [1.807, 2.05) is 0 Å². The number of hydrogen-bond acceptors (Lipinski definition) is 3. The Bertz CT molecular complexity index is 183. The molecular formula is C8H12O4. The van der Waals surface area contributed by atoms with Crippen molar-refractivity contribution in [3.63, 3.8) is 0 Å². The third-order valence-electron chi connectivity index (χ3n) is 1.09. The maximum absolute atomic E-state index is 10.2. The molecule has 12 heavy (non-hydrogen) atoms. The standard InChI is InChI=1S/C8H12O4/c1-7(9)12-6-4-2-3-5-8(10)11/h4,6H,2-3,5H2,1H3,(H,10,11). The van der Waals surface area contributed by atoms with Gasteiger partial charge in [-0.15, -0.1) is 0 Å². The van der Waals surface area contributed by atoms with Gasteiger partial charge in [0.15, 0.2) is 0 Å². The molecule has 0 aromatic heterocycles. The van der Waals surface area contributed by atoms with Crippen molar-refractivity contribution in [3.05, 3.63) is 12.3 Å². The quantitative estimate of drug-likeness (QED) is 0.386. The van der Waals surface area contributed by atoms with E-state index in [1.165, 1.54) is 13.2 Å². The molecule has 0 saturated heterocycles. The van der Waals surface area contributed by atoms with Crippen molar-refractivity contribution in [3.8, 4) is 0 Å². The fourth-order valence-electron chi connectivity index (χ4n) is 0.583. The largest absolute Gasteiger partial charge is 0.481 e. The van der Waals surface area contributed by atoms with Crippen LogP contribution in [-0.4, -0.2) is 17.0 Å². The lowest BCUT2D eigenvalue weighted by Crippen LogP contribution is -1.93. The molecule has 0 saturated carbocycles. The van der Waals surface area contributed by atoms with Crippen LogP contribution in [0.4, 0.5) is 0 Å². The number of esters is 1. The zero-order valence-electron chi connectivity index (χ0n) is 6.95. The minimum atomic E-state index is -0.809. The monoisotopic (exact) mass is 172 g/mol. The third-order valence-corrected chi connectivity index (χ3v) is 1.09. The molecule has 0 unspecified atom stereocenters. The second-order valence-electron chi connectivity index (χ2n) is 2.27. The lowest BCUT2D eigenvalue weighted by atomic mass is 10.2. The number of carboxylic acid groups (broad SMARTS) is 1. The van der Waals surface area contributed by atoms with Crippen molar-refractivity contribution >= 4 is 11.9 Å². The van der Waals surface area contributed by atoms with Crippen LogP contribution in [0.15, 0.2) is 12.3 Å². The number of carbonyl (C=O) groups is 2. The third kappa shape index (κ3) is 8.68. The summed E-state index contributed by atoms with van der Waals surface area (Å²) in [5, 5.41) is 8.25. The molecule has 4 heteroatoms. The van der Waals surface area contributed by atoms with Crippen LogP contribution in [0, 0.1) is 0 Å². The van der Waals surface area contributed by atoms with Crippen LogP contribution in [0.5, 0.6) is 0 Å². The summed E-state index contributed by atoms with van der Waals surface area (Å²) in [7, 11) is 0. The number of unbranched alkanes of at least 4 members (excludes halogenated alkanes) is 1. The van der Waals surface area contributed by atoms with Gasteiger partial charge in [0.1, 0.15) is 0 Å². The molecule has 68 valence electrons. The van der Waals surface area contributed by atoms with Crippen molar-refractivity contribution in [2.75, 3.05) is 0 Å². The first-order valence-electron chi connectivity index (χ1n) is 3.67. The minimum Gasteiger partial charge on any atom is -0.481 e. The molecule has 0 atom stereocenters. The van der Waals surface area contributed by atoms with Gasteiger partial charge in [0.05, 0.1) is 6.26 Å². The van der Waals surface area contributed by atoms with Crippen molar-refractivity contribution in [1.82, 2.24) is 0 Å². The van der Waals surface area contributed by atoms with Gasteiger partial charge in [-0.25, -0.2) is 0 Å². The molecule has 0 radical (unpaired) electrons. The highest BCUT2D eigenvalue weighted by Gasteiger charge is 1.93. The number of hydrogen-bond donors (Lipinski definition) is 1. The lowest BCUT2D eigenvalue weighted by molar-refractivity contribution is -0.137. The summed E-state index contributed by atoms with van der Waals surface area (Å²) in [6.45, 7) is 1.31. The van der Waals surface area contributed by atoms with E-state index in [4.69, 9.17) is 5.11 Å². The van der Waals surface area contributed by atoms with Crippen molar-refractivity contribution in [2.45, 2.75) is 26.2 Å². The van der Waals surface area contributed by atoms with Gasteiger partial charge in [-0.2, -0.15) is 0 Å². The van der Waals surface area contributed by atoms with Gasteiger partial charge in [0.25, 0.3) is 0 Å². The Kier molecular flexibility index (Phi) is 5.69. The summed E-state index contributed by atoms with van der Waals surface area (Å²) < 4.78 is 4.48. The molecule has 0 fully saturated rings. The summed E-state index contributed by atoms with van der Waals surface area (Å²) >= 11 is 0. The zero-order valence-corrected chi connectivity index (χ0v) is 6.95. The van der Waals surface area contributed by atoms with E-state index in [1.54, 1.807) is 6.08 Å². The Hall–Kier alpha value is -1.32. The molecule has 0 aromatic rings. The minimum absolute atomic E-state index is 0.143. The van der Waals surface area contributed by atoms with Crippen LogP contribution in [0.1, 0.15) is 26.2 Å². The number of carboxylic acids is 1. The van der Waals surface area contributed by atoms with Gasteiger partial charge < -0.3 is 9.84 Å². The number of ether oxygens (including phenoxy) is 1. The molecular weight excluding hydrogens is 160 g/mol. The Labute approximate surface area is 70.8 Å². The van der Waals surface area contributed by atoms with Crippen molar-refractivity contribution in [2.24, 2.45) is 0 Å². The molecule has 0 bridgehead atoms. The smallest absolute Gasteiger partial charge is 0.307 e. The average molecular weight is 172 g/mol. The predicted octanol–water partition coefficient (Wildman–Crippen LogP) is 1.32. The number of aliphatic carboxylic acids is 1. The van der Waals surface area contributed by atoms with E-state index in [0.29, 0.717) is 12.8 Å². The molecule has 0 aromatic carbocycles. The highest BCUT2D eigenvalue weighted by atomic mass is 16.5. The lowest BCUT2D eigenvalue weighted by Gasteiger charge is -1.91. The summed E-state index contributed by atoms with van der Waals surface area (Å²) in [5.41, 5.74) is 0. The van der Waals surface area contributed by atoms with Gasteiger partial charge in [0, 0.05) is 13.3 Å². The molecule has 0 heterocycles. The van der Waals surface area contributed by atoms with Gasteiger partial charge in [-0.1, -0.05) is 0 Å².